The first-order valence-corrected chi connectivity index (χ1v) is 11.0. The van der Waals surface area contributed by atoms with Crippen LogP contribution in [0.5, 0.6) is 0 Å². The molecule has 2 unspecified atom stereocenters. The molecule has 0 aliphatic heterocycles. The highest BCUT2D eigenvalue weighted by molar-refractivity contribution is 5.93. The van der Waals surface area contributed by atoms with Crippen molar-refractivity contribution in [3.8, 4) is 0 Å². The second-order valence-electron chi connectivity index (χ2n) is 8.90. The van der Waals surface area contributed by atoms with Crippen molar-refractivity contribution in [3.05, 3.63) is 34.9 Å². The Morgan fingerprint density at radius 1 is 1.09 bits per heavy atom. The number of benzene rings is 1. The van der Waals surface area contributed by atoms with Crippen LogP contribution in [0.15, 0.2) is 18.2 Å². The van der Waals surface area contributed by atoms with Gasteiger partial charge in [0.1, 0.15) is 24.2 Å². The van der Waals surface area contributed by atoms with Crippen molar-refractivity contribution in [2.45, 2.75) is 72.6 Å². The molecule has 3 amide bonds. The van der Waals surface area contributed by atoms with E-state index in [2.05, 4.69) is 15.4 Å². The van der Waals surface area contributed by atoms with E-state index < -0.39 is 41.6 Å². The van der Waals surface area contributed by atoms with Gasteiger partial charge in [-0.25, -0.2) is 4.79 Å². The topological polar surface area (TPSA) is 114 Å². The van der Waals surface area contributed by atoms with Crippen LogP contribution in [0, 0.1) is 13.8 Å². The first-order chi connectivity index (χ1) is 15.3. The smallest absolute Gasteiger partial charge is 0.408 e. The van der Waals surface area contributed by atoms with E-state index in [9.17, 15) is 19.2 Å². The quantitative estimate of drug-likeness (QED) is 0.545. The van der Waals surface area contributed by atoms with Crippen LogP contribution in [-0.4, -0.2) is 60.6 Å². The molecule has 0 saturated carbocycles. The number of aryl methyl sites for hydroxylation is 2. The van der Waals surface area contributed by atoms with Crippen molar-refractivity contribution in [2.24, 2.45) is 0 Å². The normalized spacial score (nSPS) is 12.8. The van der Waals surface area contributed by atoms with E-state index in [0.29, 0.717) is 12.0 Å². The highest BCUT2D eigenvalue weighted by Gasteiger charge is 2.35. The lowest BCUT2D eigenvalue weighted by atomic mass is 9.93. The number of nitrogens with zero attached hydrogens (tertiary/aromatic N) is 1. The molecule has 0 aliphatic rings. The molecule has 9 heteroatoms. The zero-order valence-corrected chi connectivity index (χ0v) is 20.9. The predicted molar refractivity (Wildman–Crippen MR) is 125 cm³/mol. The summed E-state index contributed by atoms with van der Waals surface area (Å²) in [4.78, 5) is 52.0. The molecular formula is C24H37N3O6. The highest BCUT2D eigenvalue weighted by Crippen LogP contribution is 2.28. The van der Waals surface area contributed by atoms with Crippen LogP contribution >= 0.6 is 0 Å². The average Bonchev–Trinajstić information content (AvgIpc) is 2.71. The van der Waals surface area contributed by atoms with Crippen LogP contribution in [0.3, 0.4) is 0 Å². The van der Waals surface area contributed by atoms with Crippen molar-refractivity contribution in [3.63, 3.8) is 0 Å². The Bertz CT molecular complexity index is 842. The zero-order valence-electron chi connectivity index (χ0n) is 20.9. The molecule has 0 fully saturated rings. The Kier molecular flexibility index (Phi) is 10.3. The molecule has 0 saturated heterocycles. The molecule has 2 N–H and O–H groups in total. The summed E-state index contributed by atoms with van der Waals surface area (Å²) in [5, 5.41) is 5.12. The minimum Gasteiger partial charge on any atom is -0.468 e. The maximum Gasteiger partial charge on any atom is 0.408 e. The first-order valence-electron chi connectivity index (χ1n) is 11.0. The van der Waals surface area contributed by atoms with Crippen molar-refractivity contribution in [1.29, 1.82) is 0 Å². The lowest BCUT2D eigenvalue weighted by molar-refractivity contribution is -0.144. The Balaban J connectivity index is 3.34. The van der Waals surface area contributed by atoms with Crippen LogP contribution in [0.1, 0.15) is 63.8 Å². The molecule has 1 aromatic rings. The number of hydrogen-bond donors (Lipinski definition) is 2. The fourth-order valence-electron chi connectivity index (χ4n) is 3.42. The summed E-state index contributed by atoms with van der Waals surface area (Å²) in [5.74, 6) is -1.55. The van der Waals surface area contributed by atoms with Gasteiger partial charge in [-0.3, -0.25) is 14.4 Å². The Hall–Kier alpha value is -3.10. The third-order valence-corrected chi connectivity index (χ3v) is 4.86. The van der Waals surface area contributed by atoms with E-state index >= 15 is 0 Å². The molecule has 0 heterocycles. The third kappa shape index (κ3) is 8.40. The van der Waals surface area contributed by atoms with Crippen molar-refractivity contribution < 1.29 is 28.7 Å². The monoisotopic (exact) mass is 463 g/mol. The number of methoxy groups -OCH3 is 1. The van der Waals surface area contributed by atoms with Gasteiger partial charge in [-0.1, -0.05) is 25.1 Å². The summed E-state index contributed by atoms with van der Waals surface area (Å²) in [6.07, 6.45) is -0.144. The van der Waals surface area contributed by atoms with Gasteiger partial charge in [0.05, 0.1) is 7.11 Å². The summed E-state index contributed by atoms with van der Waals surface area (Å²) in [6.45, 7) is 12.3. The Morgan fingerprint density at radius 2 is 1.67 bits per heavy atom. The van der Waals surface area contributed by atoms with E-state index in [1.54, 1.807) is 27.7 Å². The fourth-order valence-corrected chi connectivity index (χ4v) is 3.42. The van der Waals surface area contributed by atoms with Gasteiger partial charge >= 0.3 is 12.1 Å². The van der Waals surface area contributed by atoms with Crippen molar-refractivity contribution in [2.75, 3.05) is 20.2 Å². The number of carbonyl (C=O) groups excluding carboxylic acids is 4. The molecule has 0 aromatic heterocycles. The summed E-state index contributed by atoms with van der Waals surface area (Å²) in [7, 11) is 1.23. The van der Waals surface area contributed by atoms with E-state index in [1.165, 1.54) is 12.0 Å². The van der Waals surface area contributed by atoms with Gasteiger partial charge in [0.2, 0.25) is 11.8 Å². The van der Waals surface area contributed by atoms with E-state index in [-0.39, 0.29) is 13.1 Å². The molecule has 0 spiro atoms. The highest BCUT2D eigenvalue weighted by atomic mass is 16.6. The number of amides is 3. The maximum absolute atomic E-state index is 13.5. The summed E-state index contributed by atoms with van der Waals surface area (Å²) < 4.78 is 9.87. The predicted octanol–water partition coefficient (Wildman–Crippen LogP) is 2.79. The zero-order chi connectivity index (χ0) is 25.3. The number of esters is 1. The molecule has 0 aliphatic carbocycles. The maximum atomic E-state index is 13.5. The largest absolute Gasteiger partial charge is 0.468 e. The fraction of sp³-hybridized carbons (Fsp3) is 0.583. The number of hydrogen-bond acceptors (Lipinski definition) is 6. The summed E-state index contributed by atoms with van der Waals surface area (Å²) in [6, 6.07) is 3.66. The van der Waals surface area contributed by atoms with E-state index in [0.717, 1.165) is 11.1 Å². The molecule has 33 heavy (non-hydrogen) atoms. The Morgan fingerprint density at radius 3 is 2.15 bits per heavy atom. The molecule has 0 bridgehead atoms. The SMILES string of the molecule is CCCN(C(=O)C(C)NC(=O)OC(C)(C)C)C(C(=O)NCC(=O)OC)c1c(C)cccc1C. The number of alkyl carbamates (subject to hydrolysis) is 1. The molecular weight excluding hydrogens is 426 g/mol. The number of ether oxygens (including phenoxy) is 2. The molecule has 1 rings (SSSR count). The second kappa shape index (κ2) is 12.2. The minimum atomic E-state index is -0.994. The minimum absolute atomic E-state index is 0.267. The van der Waals surface area contributed by atoms with Gasteiger partial charge < -0.3 is 25.0 Å². The molecule has 9 nitrogen and oxygen atoms in total. The molecule has 2 atom stereocenters. The number of nitrogens with one attached hydrogen (secondary N) is 2. The van der Waals surface area contributed by atoms with Crippen LogP contribution < -0.4 is 10.6 Å². The van der Waals surface area contributed by atoms with Crippen molar-refractivity contribution in [1.82, 2.24) is 15.5 Å². The van der Waals surface area contributed by atoms with Gasteiger partial charge in [0.15, 0.2) is 0 Å². The van der Waals surface area contributed by atoms with E-state index in [4.69, 9.17) is 4.74 Å². The van der Waals surface area contributed by atoms with Gasteiger partial charge in [-0.2, -0.15) is 0 Å². The van der Waals surface area contributed by atoms with E-state index in [1.807, 2.05) is 39.0 Å². The van der Waals surface area contributed by atoms with Crippen LogP contribution in [0.25, 0.3) is 0 Å². The van der Waals surface area contributed by atoms with Crippen molar-refractivity contribution >= 4 is 23.9 Å². The number of rotatable bonds is 9. The molecule has 184 valence electrons. The van der Waals surface area contributed by atoms with Gasteiger partial charge in [-0.15, -0.1) is 0 Å². The Labute approximate surface area is 196 Å². The van der Waals surface area contributed by atoms with Crippen LogP contribution in [-0.2, 0) is 23.9 Å². The average molecular weight is 464 g/mol. The van der Waals surface area contributed by atoms with Gasteiger partial charge in [0, 0.05) is 6.54 Å². The van der Waals surface area contributed by atoms with Crippen LogP contribution in [0.2, 0.25) is 0 Å². The van der Waals surface area contributed by atoms with Gasteiger partial charge in [-0.05, 0) is 64.7 Å². The lowest BCUT2D eigenvalue weighted by Crippen LogP contribution is -2.52. The summed E-state index contributed by atoms with van der Waals surface area (Å²) >= 11 is 0. The molecule has 1 aromatic carbocycles. The first kappa shape index (κ1) is 27.9. The molecule has 0 radical (unpaired) electrons. The van der Waals surface area contributed by atoms with Crippen LogP contribution in [0.4, 0.5) is 4.79 Å². The lowest BCUT2D eigenvalue weighted by Gasteiger charge is -2.34. The third-order valence-electron chi connectivity index (χ3n) is 4.86. The summed E-state index contributed by atoms with van der Waals surface area (Å²) in [5.41, 5.74) is 1.61. The number of carbonyl (C=O) groups is 4. The van der Waals surface area contributed by atoms with Gasteiger partial charge in [0.25, 0.3) is 0 Å². The second-order valence-corrected chi connectivity index (χ2v) is 8.90. The standard InChI is InChI=1S/C24H37N3O6/c1-9-13-27(22(30)17(4)26-23(31)33-24(5,6)7)20(21(29)25-14-18(28)32-8)19-15(2)11-10-12-16(19)3/h10-12,17,20H,9,13-14H2,1-8H3,(H,25,29)(H,26,31).